The molecule has 4 rings (SSSR count). The number of carbonyl (C=O) groups is 1. The zero-order valence-corrected chi connectivity index (χ0v) is 20.9. The second kappa shape index (κ2) is 11.1. The summed E-state index contributed by atoms with van der Waals surface area (Å²) in [5.41, 5.74) is 0.0274. The van der Waals surface area contributed by atoms with E-state index in [2.05, 4.69) is 15.5 Å². The first kappa shape index (κ1) is 26.4. The Labute approximate surface area is 218 Å². The molecule has 0 aliphatic carbocycles. The second-order valence-electron chi connectivity index (χ2n) is 7.53. The Hall–Kier alpha value is -3.70. The number of hydrogen-bond acceptors (Lipinski definition) is 7. The van der Waals surface area contributed by atoms with Crippen molar-refractivity contribution in [1.29, 1.82) is 0 Å². The fourth-order valence-electron chi connectivity index (χ4n) is 3.34. The molecule has 1 aromatic heterocycles. The zero-order valence-electron chi connectivity index (χ0n) is 19.4. The van der Waals surface area contributed by atoms with Crippen LogP contribution in [0.4, 0.5) is 18.9 Å². The number of halogens is 4. The van der Waals surface area contributed by atoms with Crippen molar-refractivity contribution < 1.29 is 31.9 Å². The van der Waals surface area contributed by atoms with Crippen molar-refractivity contribution in [3.8, 4) is 23.0 Å². The number of methoxy groups -OCH3 is 2. The molecular weight excluding hydrogens is 531 g/mol. The molecule has 0 saturated heterocycles. The van der Waals surface area contributed by atoms with Crippen LogP contribution in [-0.2, 0) is 11.0 Å². The van der Waals surface area contributed by atoms with Gasteiger partial charge in [0.05, 0.1) is 30.5 Å². The maximum absolute atomic E-state index is 13.3. The number of rotatable bonds is 8. The molecule has 1 heterocycles. The molecule has 0 saturated carbocycles. The summed E-state index contributed by atoms with van der Waals surface area (Å²) in [6.45, 7) is 0. The fourth-order valence-corrected chi connectivity index (χ4v) is 4.38. The van der Waals surface area contributed by atoms with Crippen LogP contribution >= 0.6 is 23.4 Å². The van der Waals surface area contributed by atoms with E-state index in [9.17, 15) is 18.0 Å². The van der Waals surface area contributed by atoms with Crippen LogP contribution in [-0.4, -0.2) is 30.3 Å². The highest BCUT2D eigenvalue weighted by molar-refractivity contribution is 8.00. The number of thioether (sulfide) groups is 1. The van der Waals surface area contributed by atoms with Gasteiger partial charge in [-0.1, -0.05) is 41.9 Å². The zero-order chi connectivity index (χ0) is 26.6. The molecule has 1 atom stereocenters. The minimum atomic E-state index is -4.60. The molecule has 0 unspecified atom stereocenters. The van der Waals surface area contributed by atoms with Crippen LogP contribution in [0.2, 0.25) is 5.02 Å². The number of nitrogens with one attached hydrogen (secondary N) is 1. The van der Waals surface area contributed by atoms with Gasteiger partial charge in [-0.05, 0) is 53.7 Å². The maximum atomic E-state index is 13.3. The smallest absolute Gasteiger partial charge is 0.416 e. The van der Waals surface area contributed by atoms with Gasteiger partial charge in [0.1, 0.15) is 5.25 Å². The lowest BCUT2D eigenvalue weighted by atomic mass is 10.1. The van der Waals surface area contributed by atoms with E-state index >= 15 is 0 Å². The van der Waals surface area contributed by atoms with E-state index < -0.39 is 22.9 Å². The summed E-state index contributed by atoms with van der Waals surface area (Å²) in [7, 11) is 3.01. The molecule has 0 aliphatic heterocycles. The predicted molar refractivity (Wildman–Crippen MR) is 133 cm³/mol. The van der Waals surface area contributed by atoms with Gasteiger partial charge in [-0.25, -0.2) is 0 Å². The molecule has 1 N–H and O–H groups in total. The maximum Gasteiger partial charge on any atom is 0.416 e. The molecule has 0 spiro atoms. The summed E-state index contributed by atoms with van der Waals surface area (Å²) in [5.74, 6) is 0.543. The summed E-state index contributed by atoms with van der Waals surface area (Å²) < 4.78 is 55.8. The molecule has 7 nitrogen and oxygen atoms in total. The third kappa shape index (κ3) is 6.17. The molecule has 0 radical (unpaired) electrons. The number of nitrogens with zero attached hydrogens (tertiary/aromatic N) is 2. The molecule has 3 aromatic carbocycles. The average Bonchev–Trinajstić information content (AvgIpc) is 3.36. The van der Waals surface area contributed by atoms with Gasteiger partial charge >= 0.3 is 6.18 Å². The Bertz CT molecular complexity index is 1400. The van der Waals surface area contributed by atoms with Gasteiger partial charge in [-0.15, -0.1) is 10.2 Å². The lowest BCUT2D eigenvalue weighted by Crippen LogP contribution is -2.20. The third-order valence-corrected chi connectivity index (χ3v) is 6.57. The number of carbonyl (C=O) groups excluding carboxylic acids is 1. The Kier molecular flexibility index (Phi) is 7.94. The topological polar surface area (TPSA) is 86.5 Å². The highest BCUT2D eigenvalue weighted by atomic mass is 35.5. The lowest BCUT2D eigenvalue weighted by molar-refractivity contribution is -0.137. The van der Waals surface area contributed by atoms with Crippen LogP contribution in [0.15, 0.2) is 76.4 Å². The van der Waals surface area contributed by atoms with Gasteiger partial charge in [0.25, 0.3) is 5.22 Å². The summed E-state index contributed by atoms with van der Waals surface area (Å²) in [6, 6.07) is 16.4. The first-order chi connectivity index (χ1) is 17.7. The van der Waals surface area contributed by atoms with Gasteiger partial charge < -0.3 is 19.2 Å². The van der Waals surface area contributed by atoms with Gasteiger partial charge in [-0.2, -0.15) is 13.2 Å². The Morgan fingerprint density at radius 2 is 1.73 bits per heavy atom. The first-order valence-corrected chi connectivity index (χ1v) is 11.9. The van der Waals surface area contributed by atoms with Crippen LogP contribution in [0.5, 0.6) is 11.5 Å². The van der Waals surface area contributed by atoms with E-state index in [1.165, 1.54) is 14.2 Å². The van der Waals surface area contributed by atoms with Gasteiger partial charge in [0.2, 0.25) is 11.8 Å². The monoisotopic (exact) mass is 549 g/mol. The van der Waals surface area contributed by atoms with Crippen LogP contribution < -0.4 is 14.8 Å². The number of benzene rings is 3. The van der Waals surface area contributed by atoms with E-state index in [4.69, 9.17) is 25.5 Å². The van der Waals surface area contributed by atoms with E-state index in [-0.39, 0.29) is 21.8 Å². The molecular formula is C25H19ClF3N3O4S. The Morgan fingerprint density at radius 1 is 1.00 bits per heavy atom. The van der Waals surface area contributed by atoms with Crippen molar-refractivity contribution in [2.45, 2.75) is 16.6 Å². The number of ether oxygens (including phenoxy) is 2. The number of anilines is 1. The van der Waals surface area contributed by atoms with Crippen LogP contribution in [0, 0.1) is 0 Å². The average molecular weight is 550 g/mol. The van der Waals surface area contributed by atoms with E-state index in [1.54, 1.807) is 48.5 Å². The predicted octanol–water partition coefficient (Wildman–Crippen LogP) is 6.90. The fraction of sp³-hybridized carbons (Fsp3) is 0.160. The summed E-state index contributed by atoms with van der Waals surface area (Å²) in [4.78, 5) is 13.3. The minimum absolute atomic E-state index is 0.0355. The highest BCUT2D eigenvalue weighted by Crippen LogP contribution is 2.39. The van der Waals surface area contributed by atoms with Crippen molar-refractivity contribution in [3.05, 3.63) is 82.9 Å². The first-order valence-electron chi connectivity index (χ1n) is 10.6. The van der Waals surface area contributed by atoms with Crippen LogP contribution in [0.25, 0.3) is 11.5 Å². The second-order valence-corrected chi connectivity index (χ2v) is 9.00. The van der Waals surface area contributed by atoms with Gasteiger partial charge in [0, 0.05) is 5.56 Å². The lowest BCUT2D eigenvalue weighted by Gasteiger charge is -2.17. The van der Waals surface area contributed by atoms with Crippen molar-refractivity contribution in [3.63, 3.8) is 0 Å². The third-order valence-electron chi connectivity index (χ3n) is 5.15. The summed E-state index contributed by atoms with van der Waals surface area (Å²) in [5, 5.41) is 9.67. The largest absolute Gasteiger partial charge is 0.493 e. The van der Waals surface area contributed by atoms with Crippen LogP contribution in [0.1, 0.15) is 16.4 Å². The van der Waals surface area contributed by atoms with Crippen LogP contribution in [0.3, 0.4) is 0 Å². The molecule has 12 heteroatoms. The van der Waals surface area contributed by atoms with Crippen molar-refractivity contribution in [2.24, 2.45) is 0 Å². The summed E-state index contributed by atoms with van der Waals surface area (Å²) >= 11 is 7.01. The van der Waals surface area contributed by atoms with E-state index in [1.807, 2.05) is 0 Å². The molecule has 0 bridgehead atoms. The molecule has 4 aromatic rings. The minimum Gasteiger partial charge on any atom is -0.493 e. The Balaban J connectivity index is 1.61. The summed E-state index contributed by atoms with van der Waals surface area (Å²) in [6.07, 6.45) is -4.60. The van der Waals surface area contributed by atoms with Gasteiger partial charge in [0.15, 0.2) is 11.5 Å². The number of alkyl halides is 3. The quantitative estimate of drug-likeness (QED) is 0.239. The van der Waals surface area contributed by atoms with Crippen molar-refractivity contribution >= 4 is 35.0 Å². The molecule has 37 heavy (non-hydrogen) atoms. The Morgan fingerprint density at radius 3 is 2.41 bits per heavy atom. The molecule has 0 aliphatic rings. The normalized spacial score (nSPS) is 12.2. The standard InChI is InChI=1S/C25H19ClF3N3O4S/c1-34-19-11-8-15(12-20(19)35-2)23-31-32-24(36-23)37-21(14-6-4-3-5-7-14)22(33)30-18-13-16(25(27,28)29)9-10-17(18)26/h3-13,21H,1-2H3,(H,30,33)/t21-/m0/s1. The number of amides is 1. The van der Waals surface area contributed by atoms with E-state index in [0.29, 0.717) is 22.6 Å². The van der Waals surface area contributed by atoms with Crippen molar-refractivity contribution in [1.82, 2.24) is 10.2 Å². The van der Waals surface area contributed by atoms with Gasteiger partial charge in [-0.3, -0.25) is 4.79 Å². The SMILES string of the molecule is COc1ccc(-c2nnc(S[C@H](C(=O)Nc3cc(C(F)(F)F)ccc3Cl)c3ccccc3)o2)cc1OC. The molecule has 1 amide bonds. The number of aromatic nitrogens is 2. The van der Waals surface area contributed by atoms with Crippen molar-refractivity contribution in [2.75, 3.05) is 19.5 Å². The highest BCUT2D eigenvalue weighted by Gasteiger charge is 2.32. The molecule has 0 fully saturated rings. The van der Waals surface area contributed by atoms with E-state index in [0.717, 1.165) is 30.0 Å². The molecule has 192 valence electrons. The number of hydrogen-bond donors (Lipinski definition) is 1.